The van der Waals surface area contributed by atoms with Crippen LogP contribution in [-0.2, 0) is 24.4 Å². The fourth-order valence-electron chi connectivity index (χ4n) is 2.55. The van der Waals surface area contributed by atoms with Gasteiger partial charge in [0.15, 0.2) is 5.96 Å². The summed E-state index contributed by atoms with van der Waals surface area (Å²) < 4.78 is 41.0. The normalized spacial score (nSPS) is 11.5. The molecule has 0 atom stereocenters. The molecule has 7 nitrogen and oxygen atoms in total. The van der Waals surface area contributed by atoms with Crippen LogP contribution in [0.1, 0.15) is 23.6 Å². The van der Waals surface area contributed by atoms with E-state index in [1.807, 2.05) is 6.92 Å². The monoisotopic (exact) mass is 552 g/mol. The quantitative estimate of drug-likeness (QED) is 0.157. The van der Waals surface area contributed by atoms with Crippen LogP contribution in [-0.4, -0.2) is 30.2 Å². The van der Waals surface area contributed by atoms with E-state index in [4.69, 9.17) is 0 Å². The lowest BCUT2D eigenvalue weighted by Gasteiger charge is -2.12. The Balaban J connectivity index is 0.00000480. The third kappa shape index (κ3) is 9.96. The number of hydrogen-bond acceptors (Lipinski definition) is 4. The zero-order chi connectivity index (χ0) is 22.0. The Hall–Kier alpha value is -2.41. The molecule has 0 bridgehead atoms. The molecule has 31 heavy (non-hydrogen) atoms. The molecule has 0 unspecified atom stereocenters. The van der Waals surface area contributed by atoms with Crippen LogP contribution >= 0.6 is 24.0 Å². The average Bonchev–Trinajstić information content (AvgIpc) is 2.70. The van der Waals surface area contributed by atoms with Gasteiger partial charge in [-0.2, -0.15) is 13.2 Å². The van der Waals surface area contributed by atoms with Gasteiger partial charge in [-0.25, -0.2) is 4.99 Å². The van der Waals surface area contributed by atoms with Gasteiger partial charge in [-0.3, -0.25) is 10.1 Å². The molecule has 0 saturated heterocycles. The lowest BCUT2D eigenvalue weighted by Crippen LogP contribution is -2.36. The lowest BCUT2D eigenvalue weighted by atomic mass is 10.1. The molecule has 2 aromatic rings. The van der Waals surface area contributed by atoms with Crippen molar-refractivity contribution in [2.75, 3.05) is 13.2 Å². The van der Waals surface area contributed by atoms with Crippen LogP contribution in [0.3, 0.4) is 0 Å². The van der Waals surface area contributed by atoms with Crippen molar-refractivity contribution >= 4 is 35.6 Å². The van der Waals surface area contributed by atoms with Crippen molar-refractivity contribution in [2.24, 2.45) is 4.99 Å². The summed E-state index contributed by atoms with van der Waals surface area (Å²) in [5.74, 6) is 0.494. The molecular formula is C20H24F3IN4O3. The Morgan fingerprint density at radius 2 is 1.74 bits per heavy atom. The standard InChI is InChI=1S/C20H23F3N4O3.HI/c1-2-24-19(26-12-17-5-3-4-6-18(17)27(28)29)25-11-15-7-9-16(10-8-15)13-30-14-20(21,22)23;/h3-10H,2,11-14H2,1H3,(H2,24,25,26);1H. The first-order valence-corrected chi connectivity index (χ1v) is 9.25. The summed E-state index contributed by atoms with van der Waals surface area (Å²) in [5, 5.41) is 17.2. The number of nitro groups is 1. The van der Waals surface area contributed by atoms with E-state index in [1.54, 1.807) is 42.5 Å². The minimum absolute atomic E-state index is 0. The van der Waals surface area contributed by atoms with Crippen molar-refractivity contribution < 1.29 is 22.8 Å². The number of ether oxygens (including phenoxy) is 1. The van der Waals surface area contributed by atoms with Crippen molar-refractivity contribution in [1.82, 2.24) is 10.6 Å². The van der Waals surface area contributed by atoms with E-state index in [0.717, 1.165) is 5.56 Å². The first-order valence-electron chi connectivity index (χ1n) is 9.25. The van der Waals surface area contributed by atoms with E-state index >= 15 is 0 Å². The Bertz CT molecular complexity index is 861. The summed E-state index contributed by atoms with van der Waals surface area (Å²) in [7, 11) is 0. The topological polar surface area (TPSA) is 88.8 Å². The van der Waals surface area contributed by atoms with E-state index < -0.39 is 17.7 Å². The van der Waals surface area contributed by atoms with Gasteiger partial charge in [-0.05, 0) is 18.1 Å². The predicted molar refractivity (Wildman–Crippen MR) is 122 cm³/mol. The van der Waals surface area contributed by atoms with Gasteiger partial charge in [0.05, 0.1) is 18.1 Å². The number of benzene rings is 2. The second kappa shape index (κ2) is 13.1. The molecule has 0 spiro atoms. The molecule has 0 heterocycles. The second-order valence-electron chi connectivity index (χ2n) is 6.36. The van der Waals surface area contributed by atoms with Crippen LogP contribution in [0.4, 0.5) is 18.9 Å². The van der Waals surface area contributed by atoms with Gasteiger partial charge in [-0.15, -0.1) is 24.0 Å². The van der Waals surface area contributed by atoms with E-state index in [-0.39, 0.29) is 42.8 Å². The van der Waals surface area contributed by atoms with E-state index in [2.05, 4.69) is 20.4 Å². The zero-order valence-corrected chi connectivity index (χ0v) is 19.1. The molecule has 2 aromatic carbocycles. The van der Waals surface area contributed by atoms with Gasteiger partial charge in [0.1, 0.15) is 6.61 Å². The largest absolute Gasteiger partial charge is 0.411 e. The van der Waals surface area contributed by atoms with E-state index in [0.29, 0.717) is 30.2 Å². The maximum atomic E-state index is 12.1. The minimum atomic E-state index is -4.34. The SMILES string of the molecule is CCNC(=NCc1ccc(COCC(F)(F)F)cc1)NCc1ccccc1[N+](=O)[O-].I. The van der Waals surface area contributed by atoms with Crippen LogP contribution in [0.2, 0.25) is 0 Å². The van der Waals surface area contributed by atoms with Crippen LogP contribution in [0.5, 0.6) is 0 Å². The van der Waals surface area contributed by atoms with Gasteiger partial charge in [0, 0.05) is 24.7 Å². The molecule has 170 valence electrons. The Morgan fingerprint density at radius 1 is 1.10 bits per heavy atom. The Labute approximate surface area is 195 Å². The van der Waals surface area contributed by atoms with Crippen LogP contribution in [0.25, 0.3) is 0 Å². The fourth-order valence-corrected chi connectivity index (χ4v) is 2.55. The van der Waals surface area contributed by atoms with Crippen molar-refractivity contribution in [3.8, 4) is 0 Å². The number of nitro benzene ring substituents is 1. The zero-order valence-electron chi connectivity index (χ0n) is 16.8. The summed E-state index contributed by atoms with van der Waals surface area (Å²) >= 11 is 0. The van der Waals surface area contributed by atoms with Gasteiger partial charge >= 0.3 is 6.18 Å². The summed E-state index contributed by atoms with van der Waals surface area (Å²) in [6, 6.07) is 13.4. The maximum absolute atomic E-state index is 12.1. The lowest BCUT2D eigenvalue weighted by molar-refractivity contribution is -0.385. The number of hydrogen-bond donors (Lipinski definition) is 2. The number of halogens is 4. The van der Waals surface area contributed by atoms with Gasteiger partial charge < -0.3 is 15.4 Å². The molecule has 0 aromatic heterocycles. The summed E-state index contributed by atoms with van der Waals surface area (Å²) in [6.07, 6.45) is -4.34. The molecule has 0 aliphatic heterocycles. The smallest absolute Gasteiger partial charge is 0.367 e. The third-order valence-corrected chi connectivity index (χ3v) is 3.96. The number of guanidine groups is 1. The number of alkyl halides is 3. The first-order chi connectivity index (χ1) is 14.3. The van der Waals surface area contributed by atoms with Crippen LogP contribution in [0.15, 0.2) is 53.5 Å². The molecule has 2 N–H and O–H groups in total. The molecule has 0 amide bonds. The fraction of sp³-hybridized carbons (Fsp3) is 0.350. The third-order valence-electron chi connectivity index (χ3n) is 3.96. The Morgan fingerprint density at radius 3 is 2.35 bits per heavy atom. The van der Waals surface area contributed by atoms with E-state index in [9.17, 15) is 23.3 Å². The molecule has 0 saturated carbocycles. The van der Waals surface area contributed by atoms with Crippen LogP contribution in [0, 0.1) is 10.1 Å². The first kappa shape index (κ1) is 26.6. The highest BCUT2D eigenvalue weighted by atomic mass is 127. The van der Waals surface area contributed by atoms with E-state index in [1.165, 1.54) is 6.07 Å². The number of para-hydroxylation sites is 1. The molecule has 11 heteroatoms. The maximum Gasteiger partial charge on any atom is 0.411 e. The molecular weight excluding hydrogens is 528 g/mol. The summed E-state index contributed by atoms with van der Waals surface area (Å²) in [5.41, 5.74) is 2.06. The van der Waals surface area contributed by atoms with Crippen molar-refractivity contribution in [3.05, 3.63) is 75.3 Å². The molecule has 0 fully saturated rings. The summed E-state index contributed by atoms with van der Waals surface area (Å²) in [4.78, 5) is 15.1. The minimum Gasteiger partial charge on any atom is -0.367 e. The highest BCUT2D eigenvalue weighted by Crippen LogP contribution is 2.17. The predicted octanol–water partition coefficient (Wildman–Crippen LogP) is 4.55. The van der Waals surface area contributed by atoms with Crippen molar-refractivity contribution in [3.63, 3.8) is 0 Å². The van der Waals surface area contributed by atoms with Gasteiger partial charge in [-0.1, -0.05) is 42.5 Å². The van der Waals surface area contributed by atoms with Crippen molar-refractivity contribution in [2.45, 2.75) is 32.8 Å². The van der Waals surface area contributed by atoms with Gasteiger partial charge in [0.2, 0.25) is 0 Å². The second-order valence-corrected chi connectivity index (χ2v) is 6.36. The highest BCUT2D eigenvalue weighted by Gasteiger charge is 2.27. The number of nitrogens with one attached hydrogen (secondary N) is 2. The molecule has 0 aliphatic rings. The average molecular weight is 552 g/mol. The van der Waals surface area contributed by atoms with Crippen LogP contribution < -0.4 is 10.6 Å². The molecule has 2 rings (SSSR count). The number of rotatable bonds is 9. The van der Waals surface area contributed by atoms with Gasteiger partial charge in [0.25, 0.3) is 5.69 Å². The number of nitrogens with zero attached hydrogens (tertiary/aromatic N) is 2. The van der Waals surface area contributed by atoms with Crippen molar-refractivity contribution in [1.29, 1.82) is 0 Å². The molecule has 0 aliphatic carbocycles. The Kier molecular flexibility index (Phi) is 11.3. The summed E-state index contributed by atoms with van der Waals surface area (Å²) in [6.45, 7) is 1.67. The number of aliphatic imine (C=N–C) groups is 1. The molecule has 0 radical (unpaired) electrons. The highest BCUT2D eigenvalue weighted by molar-refractivity contribution is 14.0.